The molecule has 0 bridgehead atoms. The lowest BCUT2D eigenvalue weighted by molar-refractivity contribution is -0.514. The van der Waals surface area contributed by atoms with E-state index in [1.54, 1.807) is 0 Å². The quantitative estimate of drug-likeness (QED) is 0.0198. The Balaban J connectivity index is 3.83. The number of hydrogen-bond acceptors (Lipinski definition) is 9. The van der Waals surface area contributed by atoms with E-state index in [2.05, 4.69) is 37.9 Å². The van der Waals surface area contributed by atoms with E-state index in [1.807, 2.05) is 0 Å². The summed E-state index contributed by atoms with van der Waals surface area (Å²) in [7, 11) is 0. The van der Waals surface area contributed by atoms with Gasteiger partial charge in [0.15, 0.2) is 0 Å². The minimum atomic E-state index is -0.665. The van der Waals surface area contributed by atoms with Gasteiger partial charge in [0.2, 0.25) is 0 Å². The zero-order chi connectivity index (χ0) is 40.7. The zero-order valence-corrected chi connectivity index (χ0v) is 37.0. The van der Waals surface area contributed by atoms with Crippen LogP contribution in [0.5, 0.6) is 0 Å². The molecule has 6 N–H and O–H groups in total. The van der Waals surface area contributed by atoms with Crippen molar-refractivity contribution in [1.29, 1.82) is 0 Å². The first-order valence-corrected chi connectivity index (χ1v) is 24.8. The molecule has 11 heteroatoms. The fraction of sp³-hybridized carbons (Fsp3) is 0.956. The third-order valence-electron chi connectivity index (χ3n) is 11.0. The summed E-state index contributed by atoms with van der Waals surface area (Å²) in [5, 5.41) is 36.1. The predicted octanol–water partition coefficient (Wildman–Crippen LogP) is 12.3. The van der Waals surface area contributed by atoms with Crippen LogP contribution >= 0.6 is 11.8 Å². The van der Waals surface area contributed by atoms with Gasteiger partial charge in [0.05, 0.1) is 0 Å². The third kappa shape index (κ3) is 49.2. The Morgan fingerprint density at radius 2 is 0.768 bits per heavy atom. The predicted molar refractivity (Wildman–Crippen MR) is 236 cm³/mol. The van der Waals surface area contributed by atoms with Crippen molar-refractivity contribution in [2.24, 2.45) is 5.92 Å². The summed E-state index contributed by atoms with van der Waals surface area (Å²) in [6.07, 6.45) is 42.9. The normalized spacial score (nSPS) is 12.1. The van der Waals surface area contributed by atoms with Gasteiger partial charge in [-0.3, -0.25) is 9.59 Å². The molecule has 0 aliphatic carbocycles. The van der Waals surface area contributed by atoms with Crippen molar-refractivity contribution in [3.8, 4) is 0 Å². The number of unbranched alkanes of at least 4 members (excludes halogenated alkanes) is 27. The van der Waals surface area contributed by atoms with Gasteiger partial charge >= 0.3 is 11.9 Å². The van der Waals surface area contributed by atoms with Crippen molar-refractivity contribution in [2.75, 3.05) is 44.2 Å². The van der Waals surface area contributed by atoms with Crippen LogP contribution < -0.4 is 16.1 Å². The van der Waals surface area contributed by atoms with E-state index in [-0.39, 0.29) is 0 Å². The molecule has 0 aromatic heterocycles. The van der Waals surface area contributed by atoms with Crippen molar-refractivity contribution in [1.82, 2.24) is 16.1 Å². The lowest BCUT2D eigenvalue weighted by atomic mass is 9.95. The molecule has 0 rings (SSSR count). The van der Waals surface area contributed by atoms with Gasteiger partial charge in [-0.15, -0.1) is 4.99 Å². The molecule has 0 aliphatic rings. The first kappa shape index (κ1) is 55.0. The lowest BCUT2D eigenvalue weighted by Crippen LogP contribution is -2.27. The van der Waals surface area contributed by atoms with Gasteiger partial charge in [-0.2, -0.15) is 17.2 Å². The van der Waals surface area contributed by atoms with E-state index in [1.165, 1.54) is 204 Å². The Bertz CT molecular complexity index is 799. The monoisotopic (exact) mass is 818 g/mol. The number of nitrogens with one attached hydrogen (secondary N) is 3. The number of carboxylic acids is 2. The second-order valence-corrected chi connectivity index (χ2v) is 17.5. The van der Waals surface area contributed by atoms with Gasteiger partial charge in [-0.05, 0) is 82.0 Å². The molecule has 10 nitrogen and oxygen atoms in total. The number of aliphatic carboxylic acids is 2. The molecule has 334 valence electrons. The van der Waals surface area contributed by atoms with E-state index in [9.17, 15) is 9.59 Å². The molecule has 0 amide bonds. The maximum atomic E-state index is 10.7. The molecule has 1 unspecified atom stereocenters. The first-order chi connectivity index (χ1) is 27.6. The maximum Gasteiger partial charge on any atom is 0.303 e. The SMILES string of the molecule is O=C(O)CCCCCCCCCCCCC(CCCCCCCCCCCC(=O)O)CSCCCNCCCCCCCCCCCCCNCCNOOO. The van der Waals surface area contributed by atoms with Gasteiger partial charge in [-0.25, -0.2) is 5.26 Å². The van der Waals surface area contributed by atoms with Gasteiger partial charge < -0.3 is 20.8 Å². The highest BCUT2D eigenvalue weighted by atomic mass is 32.2. The summed E-state index contributed by atoms with van der Waals surface area (Å²) in [5.41, 5.74) is 2.47. The first-order valence-electron chi connectivity index (χ1n) is 23.7. The van der Waals surface area contributed by atoms with Crippen LogP contribution in [-0.4, -0.2) is 71.6 Å². The van der Waals surface area contributed by atoms with Crippen LogP contribution in [0.15, 0.2) is 0 Å². The Morgan fingerprint density at radius 3 is 1.16 bits per heavy atom. The zero-order valence-electron chi connectivity index (χ0n) is 36.2. The van der Waals surface area contributed by atoms with E-state index in [4.69, 9.17) is 15.5 Å². The number of carbonyl (C=O) groups is 2. The number of rotatable bonds is 50. The topological polar surface area (TPSA) is 149 Å². The minimum Gasteiger partial charge on any atom is -0.481 e. The largest absolute Gasteiger partial charge is 0.481 e. The summed E-state index contributed by atoms with van der Waals surface area (Å²) in [5.74, 6) is 2.14. The third-order valence-corrected chi connectivity index (χ3v) is 12.2. The highest BCUT2D eigenvalue weighted by Gasteiger charge is 2.09. The van der Waals surface area contributed by atoms with Crippen molar-refractivity contribution in [3.05, 3.63) is 0 Å². The number of hydroxylamine groups is 1. The Labute approximate surface area is 348 Å². The molecule has 0 heterocycles. The summed E-state index contributed by atoms with van der Waals surface area (Å²) < 4.78 is 0. The fourth-order valence-corrected chi connectivity index (χ4v) is 8.66. The molecule has 0 saturated carbocycles. The summed E-state index contributed by atoms with van der Waals surface area (Å²) in [6, 6.07) is 0. The highest BCUT2D eigenvalue weighted by molar-refractivity contribution is 7.99. The van der Waals surface area contributed by atoms with E-state index >= 15 is 0 Å². The smallest absolute Gasteiger partial charge is 0.303 e. The van der Waals surface area contributed by atoms with Crippen LogP contribution in [0.4, 0.5) is 0 Å². The van der Waals surface area contributed by atoms with Gasteiger partial charge in [0, 0.05) is 25.9 Å². The number of carboxylic acid groups (broad SMARTS) is 2. The number of hydrogen-bond donors (Lipinski definition) is 6. The number of thioether (sulfide) groups is 1. The molecule has 0 spiro atoms. The van der Waals surface area contributed by atoms with Crippen LogP contribution in [0.25, 0.3) is 0 Å². The van der Waals surface area contributed by atoms with Gasteiger partial charge in [0.1, 0.15) is 0 Å². The molecule has 0 aromatic carbocycles. The average molecular weight is 818 g/mol. The molecular weight excluding hydrogens is 727 g/mol. The standard InChI is InChI=1S/C45H91N3O7S/c49-44(50)34-27-21-15-9-3-2-7-13-19-25-32-43(33-26-20-14-8-6-10-16-22-28-35-45(51)52)42-56-41-31-38-46-36-29-23-17-11-4-1-5-12-18-24-30-37-47-39-40-48-54-55-53/h43,46-48,53H,1-42H2,(H,49,50)(H,51,52). The van der Waals surface area contributed by atoms with Gasteiger partial charge in [0.25, 0.3) is 0 Å². The van der Waals surface area contributed by atoms with Crippen molar-refractivity contribution in [2.45, 2.75) is 225 Å². The Morgan fingerprint density at radius 1 is 0.429 bits per heavy atom. The van der Waals surface area contributed by atoms with E-state index in [0.717, 1.165) is 51.2 Å². The fourth-order valence-electron chi connectivity index (χ4n) is 7.48. The van der Waals surface area contributed by atoms with Crippen LogP contribution in [-0.2, 0) is 19.6 Å². The molecule has 0 saturated heterocycles. The van der Waals surface area contributed by atoms with E-state index < -0.39 is 11.9 Å². The summed E-state index contributed by atoms with van der Waals surface area (Å²) >= 11 is 2.19. The van der Waals surface area contributed by atoms with Crippen LogP contribution in [0.1, 0.15) is 225 Å². The van der Waals surface area contributed by atoms with Crippen molar-refractivity contribution < 1.29 is 35.1 Å². The maximum absolute atomic E-state index is 10.7. The van der Waals surface area contributed by atoms with Crippen LogP contribution in [0.2, 0.25) is 0 Å². The minimum absolute atomic E-state index is 0.321. The Hall–Kier alpha value is -0.950. The van der Waals surface area contributed by atoms with Gasteiger partial charge in [-0.1, -0.05) is 172 Å². The van der Waals surface area contributed by atoms with Crippen LogP contribution in [0.3, 0.4) is 0 Å². The highest BCUT2D eigenvalue weighted by Crippen LogP contribution is 2.24. The molecule has 1 atom stereocenters. The Kier molecular flexibility index (Phi) is 47.6. The average Bonchev–Trinajstić information content (AvgIpc) is 3.18. The lowest BCUT2D eigenvalue weighted by Gasteiger charge is -2.17. The second kappa shape index (κ2) is 48.4. The molecule has 0 aliphatic heterocycles. The molecule has 0 aromatic rings. The molecule has 56 heavy (non-hydrogen) atoms. The summed E-state index contributed by atoms with van der Waals surface area (Å²) in [6.45, 7) is 4.72. The molecular formula is C45H91N3O7S. The van der Waals surface area contributed by atoms with Crippen molar-refractivity contribution in [3.63, 3.8) is 0 Å². The molecule has 0 radical (unpaired) electrons. The van der Waals surface area contributed by atoms with Crippen LogP contribution in [0, 0.1) is 5.92 Å². The van der Waals surface area contributed by atoms with E-state index in [0.29, 0.717) is 19.4 Å². The second-order valence-electron chi connectivity index (χ2n) is 16.3. The van der Waals surface area contributed by atoms with Crippen molar-refractivity contribution >= 4 is 23.7 Å². The summed E-state index contributed by atoms with van der Waals surface area (Å²) in [4.78, 5) is 25.5. The molecule has 0 fully saturated rings.